The van der Waals surface area contributed by atoms with E-state index in [0.717, 1.165) is 57.8 Å². The zero-order valence-corrected chi connectivity index (χ0v) is 31.7. The molecule has 6 atom stereocenters. The van der Waals surface area contributed by atoms with Crippen LogP contribution < -0.4 is 0 Å². The third-order valence-corrected chi connectivity index (χ3v) is 8.68. The third kappa shape index (κ3) is 24.8. The van der Waals surface area contributed by atoms with Crippen LogP contribution in [0.3, 0.4) is 0 Å². The Kier molecular flexibility index (Phi) is 28.2. The van der Waals surface area contributed by atoms with Crippen molar-refractivity contribution in [3.8, 4) is 0 Å². The highest BCUT2D eigenvalue weighted by atomic mass is 32.3. The Hall–Kier alpha value is -1.94. The number of hydrogen-bond acceptors (Lipinski definition) is 11. The highest BCUT2D eigenvalue weighted by Gasteiger charge is 2.48. The number of allylic oxidation sites excluding steroid dienone is 8. The van der Waals surface area contributed by atoms with Crippen molar-refractivity contribution in [3.63, 3.8) is 0 Å². The van der Waals surface area contributed by atoms with Crippen molar-refractivity contribution in [1.82, 2.24) is 0 Å². The lowest BCUT2D eigenvalue weighted by atomic mass is 9.99. The number of aliphatic hydroxyl groups excluding tert-OH is 3. The van der Waals surface area contributed by atoms with E-state index in [9.17, 15) is 28.5 Å². The molecular formula is C38H66O12S. The van der Waals surface area contributed by atoms with E-state index < -0.39 is 59.8 Å². The Balaban J connectivity index is 2.57. The van der Waals surface area contributed by atoms with Crippen LogP contribution in [0.4, 0.5) is 0 Å². The molecular weight excluding hydrogens is 680 g/mol. The lowest BCUT2D eigenvalue weighted by molar-refractivity contribution is -0.301. The van der Waals surface area contributed by atoms with Crippen LogP contribution in [0.25, 0.3) is 0 Å². The first-order chi connectivity index (χ1) is 24.6. The first-order valence-corrected chi connectivity index (χ1v) is 20.3. The van der Waals surface area contributed by atoms with E-state index in [0.29, 0.717) is 13.0 Å². The lowest BCUT2D eigenvalue weighted by Gasteiger charge is -2.41. The molecule has 0 aromatic heterocycles. The number of esters is 1. The van der Waals surface area contributed by atoms with Crippen LogP contribution in [0, 0.1) is 0 Å². The second-order valence-electron chi connectivity index (χ2n) is 12.8. The van der Waals surface area contributed by atoms with Gasteiger partial charge < -0.3 is 34.3 Å². The molecule has 0 saturated carbocycles. The van der Waals surface area contributed by atoms with Crippen molar-refractivity contribution in [2.24, 2.45) is 0 Å². The van der Waals surface area contributed by atoms with Gasteiger partial charge in [-0.1, -0.05) is 120 Å². The van der Waals surface area contributed by atoms with E-state index in [1.807, 2.05) is 0 Å². The molecule has 4 N–H and O–H groups in total. The van der Waals surface area contributed by atoms with Crippen molar-refractivity contribution in [2.45, 2.75) is 160 Å². The van der Waals surface area contributed by atoms with Gasteiger partial charge >= 0.3 is 16.4 Å². The van der Waals surface area contributed by atoms with Crippen LogP contribution in [0.1, 0.15) is 123 Å². The van der Waals surface area contributed by atoms with Crippen molar-refractivity contribution >= 4 is 16.4 Å². The first-order valence-electron chi connectivity index (χ1n) is 18.9. The predicted octanol–water partition coefficient (Wildman–Crippen LogP) is 6.45. The van der Waals surface area contributed by atoms with Gasteiger partial charge in [-0.25, -0.2) is 4.18 Å². The third-order valence-electron chi connectivity index (χ3n) is 8.22. The van der Waals surface area contributed by atoms with Crippen molar-refractivity contribution in [3.05, 3.63) is 48.6 Å². The maximum absolute atomic E-state index is 12.7. The van der Waals surface area contributed by atoms with E-state index in [1.54, 1.807) is 0 Å². The van der Waals surface area contributed by atoms with Crippen LogP contribution in [0.2, 0.25) is 0 Å². The number of hydrogen-bond donors (Lipinski definition) is 4. The normalized spacial score (nSPS) is 22.2. The number of unbranched alkanes of at least 4 members (excludes halogenated alkanes) is 10. The standard InChI is InChI=1S/C38H66O12S/c1-3-5-7-9-11-13-15-16-17-18-20-22-24-26-28-46-30-32(48-34(40)27-25-23-21-19-14-12-10-8-6-4-2)31-47-38-36(42)37(50-51(43,44)45)35(41)33(29-39)49-38/h5,7,11,13,16-17,20,22,32-33,35-39,41-42H,3-4,6,8-10,12,14-15,18-19,21,23-31H2,1-2H3,(H,43,44,45)/b7-5-,13-11-,17-16-,22-20-. The Morgan fingerprint density at radius 1 is 0.765 bits per heavy atom. The summed E-state index contributed by atoms with van der Waals surface area (Å²) in [6.45, 7) is 3.67. The number of rotatable bonds is 31. The SMILES string of the molecule is CC/C=C\C/C=C\C/C=C\C/C=C\CCCOCC(COC1OC(CO)C(O)C(OS(=O)(=O)O)C1O)OC(=O)CCCCCCCCCCCC. The molecule has 1 heterocycles. The van der Waals surface area contributed by atoms with E-state index in [4.69, 9.17) is 23.5 Å². The minimum absolute atomic E-state index is 0.00219. The molecule has 0 aliphatic carbocycles. The van der Waals surface area contributed by atoms with E-state index >= 15 is 0 Å². The molecule has 296 valence electrons. The Bertz CT molecular complexity index is 1090. The summed E-state index contributed by atoms with van der Waals surface area (Å²) in [6.07, 6.45) is 24.6. The van der Waals surface area contributed by atoms with Crippen LogP contribution in [-0.2, 0) is 38.3 Å². The molecule has 1 saturated heterocycles. The predicted molar refractivity (Wildman–Crippen MR) is 197 cm³/mol. The summed E-state index contributed by atoms with van der Waals surface area (Å²) in [5.74, 6) is -0.423. The fraction of sp³-hybridized carbons (Fsp3) is 0.763. The second kappa shape index (κ2) is 30.5. The highest BCUT2D eigenvalue weighted by Crippen LogP contribution is 2.26. The molecule has 13 heteroatoms. The van der Waals surface area contributed by atoms with Gasteiger partial charge in [0.25, 0.3) is 0 Å². The Morgan fingerprint density at radius 2 is 1.33 bits per heavy atom. The number of aliphatic hydroxyl groups is 3. The van der Waals surface area contributed by atoms with Gasteiger partial charge in [0.1, 0.15) is 30.5 Å². The van der Waals surface area contributed by atoms with Crippen LogP contribution >= 0.6 is 0 Å². The zero-order chi connectivity index (χ0) is 37.6. The van der Waals surface area contributed by atoms with Gasteiger partial charge in [-0.15, -0.1) is 0 Å². The molecule has 0 spiro atoms. The molecule has 0 aromatic carbocycles. The molecule has 1 aliphatic heterocycles. The molecule has 1 aliphatic rings. The minimum atomic E-state index is -5.06. The zero-order valence-electron chi connectivity index (χ0n) is 30.9. The lowest BCUT2D eigenvalue weighted by Crippen LogP contribution is -2.60. The van der Waals surface area contributed by atoms with E-state index in [1.165, 1.54) is 38.5 Å². The topological polar surface area (TPSA) is 178 Å². The first kappa shape index (κ1) is 47.1. The van der Waals surface area contributed by atoms with Crippen LogP contribution in [-0.4, -0.2) is 97.5 Å². The van der Waals surface area contributed by atoms with Crippen molar-refractivity contribution in [1.29, 1.82) is 0 Å². The van der Waals surface area contributed by atoms with Crippen LogP contribution in [0.5, 0.6) is 0 Å². The number of carbonyl (C=O) groups is 1. The van der Waals surface area contributed by atoms with Gasteiger partial charge in [-0.3, -0.25) is 9.35 Å². The van der Waals surface area contributed by atoms with Crippen molar-refractivity contribution < 1.29 is 56.2 Å². The van der Waals surface area contributed by atoms with Gasteiger partial charge in [0.2, 0.25) is 0 Å². The number of carbonyl (C=O) groups excluding carboxylic acids is 1. The molecule has 1 fully saturated rings. The molecule has 1 rings (SSSR count). The second-order valence-corrected chi connectivity index (χ2v) is 13.8. The molecule has 0 aromatic rings. The summed E-state index contributed by atoms with van der Waals surface area (Å²) in [6, 6.07) is 0. The maximum atomic E-state index is 12.7. The molecule has 0 amide bonds. The largest absolute Gasteiger partial charge is 0.457 e. The molecule has 12 nitrogen and oxygen atoms in total. The molecule has 0 radical (unpaired) electrons. The average Bonchev–Trinajstić information content (AvgIpc) is 3.09. The summed E-state index contributed by atoms with van der Waals surface area (Å²) >= 11 is 0. The Labute approximate surface area is 306 Å². The summed E-state index contributed by atoms with van der Waals surface area (Å²) in [5.41, 5.74) is 0. The number of ether oxygens (including phenoxy) is 4. The van der Waals surface area contributed by atoms with Gasteiger partial charge in [0.05, 0.1) is 19.8 Å². The fourth-order valence-corrected chi connectivity index (χ4v) is 5.89. The van der Waals surface area contributed by atoms with Gasteiger partial charge in [0.15, 0.2) is 6.29 Å². The highest BCUT2D eigenvalue weighted by molar-refractivity contribution is 7.80. The van der Waals surface area contributed by atoms with Gasteiger partial charge in [0, 0.05) is 13.0 Å². The quantitative estimate of drug-likeness (QED) is 0.0264. The minimum Gasteiger partial charge on any atom is -0.457 e. The van der Waals surface area contributed by atoms with E-state index in [2.05, 4.69) is 66.6 Å². The van der Waals surface area contributed by atoms with E-state index in [-0.39, 0.29) is 19.6 Å². The Morgan fingerprint density at radius 3 is 1.90 bits per heavy atom. The van der Waals surface area contributed by atoms with Crippen molar-refractivity contribution in [2.75, 3.05) is 26.4 Å². The van der Waals surface area contributed by atoms with Crippen LogP contribution in [0.15, 0.2) is 48.6 Å². The fourth-order valence-electron chi connectivity index (χ4n) is 5.38. The molecule has 0 bridgehead atoms. The smallest absolute Gasteiger partial charge is 0.397 e. The maximum Gasteiger partial charge on any atom is 0.397 e. The summed E-state index contributed by atoms with van der Waals surface area (Å²) in [7, 11) is -5.06. The van der Waals surface area contributed by atoms with Gasteiger partial charge in [-0.05, 0) is 44.9 Å². The summed E-state index contributed by atoms with van der Waals surface area (Å²) < 4.78 is 58.6. The monoisotopic (exact) mass is 746 g/mol. The van der Waals surface area contributed by atoms with Gasteiger partial charge in [-0.2, -0.15) is 8.42 Å². The summed E-state index contributed by atoms with van der Waals surface area (Å²) in [4.78, 5) is 12.7. The summed E-state index contributed by atoms with van der Waals surface area (Å²) in [5, 5.41) is 30.5. The molecule has 6 unspecified atom stereocenters. The average molecular weight is 747 g/mol. The molecule has 51 heavy (non-hydrogen) atoms.